The molecule has 4 aromatic heterocycles. The number of piperidine rings is 1. The largest absolute Gasteiger partial charge is 0.313 e. The summed E-state index contributed by atoms with van der Waals surface area (Å²) < 4.78 is 18.5. The van der Waals surface area contributed by atoms with E-state index in [-0.39, 0.29) is 11.2 Å². The number of fused-ring (bicyclic) bond motifs is 4. The molecular weight excluding hydrogens is 355 g/mol. The lowest BCUT2D eigenvalue weighted by molar-refractivity contribution is 0.430. The van der Waals surface area contributed by atoms with E-state index in [0.29, 0.717) is 11.7 Å². The van der Waals surface area contributed by atoms with Crippen LogP contribution in [0.4, 0.5) is 4.39 Å². The molecule has 1 saturated carbocycles. The molecule has 6 rings (SSSR count). The third-order valence-corrected chi connectivity index (χ3v) is 6.41. The summed E-state index contributed by atoms with van der Waals surface area (Å²) in [5.74, 6) is -0.318. The van der Waals surface area contributed by atoms with E-state index in [1.54, 1.807) is 4.52 Å². The normalized spacial score (nSPS) is 24.0. The van der Waals surface area contributed by atoms with E-state index >= 15 is 0 Å². The predicted octanol–water partition coefficient (Wildman–Crippen LogP) is 3.19. The van der Waals surface area contributed by atoms with Crippen LogP contribution in [0.25, 0.3) is 22.6 Å². The Morgan fingerprint density at radius 1 is 1.14 bits per heavy atom. The zero-order valence-corrected chi connectivity index (χ0v) is 15.9. The van der Waals surface area contributed by atoms with Crippen molar-refractivity contribution in [2.75, 3.05) is 6.54 Å². The van der Waals surface area contributed by atoms with Crippen LogP contribution in [-0.4, -0.2) is 36.6 Å². The molecule has 2 aliphatic rings. The van der Waals surface area contributed by atoms with Gasteiger partial charge in [-0.1, -0.05) is 0 Å². The minimum absolute atomic E-state index is 0.0609. The van der Waals surface area contributed by atoms with Crippen LogP contribution in [0.2, 0.25) is 0 Å². The van der Waals surface area contributed by atoms with E-state index in [2.05, 4.69) is 20.4 Å². The summed E-state index contributed by atoms with van der Waals surface area (Å²) in [5, 5.41) is 8.19. The first-order valence-electron chi connectivity index (χ1n) is 9.77. The van der Waals surface area contributed by atoms with Gasteiger partial charge in [0.2, 0.25) is 0 Å². The average Bonchev–Trinajstić information content (AvgIpc) is 3.43. The fourth-order valence-corrected chi connectivity index (χ4v) is 4.96. The van der Waals surface area contributed by atoms with E-state index < -0.39 is 0 Å². The Hall–Kier alpha value is -2.80. The molecule has 1 N–H and O–H groups in total. The van der Waals surface area contributed by atoms with Crippen molar-refractivity contribution >= 4 is 11.3 Å². The lowest BCUT2D eigenvalue weighted by Crippen LogP contribution is -2.32. The average molecular weight is 376 g/mol. The lowest BCUT2D eigenvalue weighted by atomic mass is 9.84. The molecule has 7 heteroatoms. The minimum atomic E-state index is -0.318. The number of nitrogens with zero attached hydrogens (tertiary/aromatic N) is 5. The molecule has 4 aromatic rings. The first-order chi connectivity index (χ1) is 13.5. The highest BCUT2D eigenvalue weighted by atomic mass is 19.1. The molecule has 2 atom stereocenters. The highest BCUT2D eigenvalue weighted by Gasteiger charge is 2.47. The summed E-state index contributed by atoms with van der Waals surface area (Å²) in [4.78, 5) is 9.17. The maximum absolute atomic E-state index is 14.9. The Morgan fingerprint density at radius 2 is 2.04 bits per heavy atom. The van der Waals surface area contributed by atoms with Gasteiger partial charge in [-0.25, -0.2) is 18.9 Å². The molecule has 142 valence electrons. The number of hydrogen-bond donors (Lipinski definition) is 1. The standard InChI is InChI=1S/C21H21FN6/c1-12-5-17(26-28-8-13(2)24-19(12)28)14-6-16(22)20-25-18(10-27(20)9-14)21-4-3-15(7-21)23-11-21/h5-6,8-10,15,23H,3-4,7,11H2,1-2H3/t15-,21+/m1/s1. The second-order valence-corrected chi connectivity index (χ2v) is 8.40. The minimum Gasteiger partial charge on any atom is -0.313 e. The highest BCUT2D eigenvalue weighted by molar-refractivity contribution is 5.64. The van der Waals surface area contributed by atoms with Crippen LogP contribution >= 0.6 is 0 Å². The lowest BCUT2D eigenvalue weighted by Gasteiger charge is -2.23. The van der Waals surface area contributed by atoms with Crippen molar-refractivity contribution in [2.45, 2.75) is 44.6 Å². The van der Waals surface area contributed by atoms with E-state index in [1.807, 2.05) is 42.9 Å². The van der Waals surface area contributed by atoms with Crippen molar-refractivity contribution in [3.63, 3.8) is 0 Å². The smallest absolute Gasteiger partial charge is 0.173 e. The maximum Gasteiger partial charge on any atom is 0.173 e. The van der Waals surface area contributed by atoms with Crippen LogP contribution in [0, 0.1) is 19.7 Å². The van der Waals surface area contributed by atoms with Crippen molar-refractivity contribution in [1.82, 2.24) is 29.3 Å². The van der Waals surface area contributed by atoms with Gasteiger partial charge in [-0.2, -0.15) is 5.10 Å². The quantitative estimate of drug-likeness (QED) is 0.584. The summed E-state index contributed by atoms with van der Waals surface area (Å²) >= 11 is 0. The molecular formula is C21H21FN6. The van der Waals surface area contributed by atoms with E-state index in [9.17, 15) is 4.39 Å². The van der Waals surface area contributed by atoms with Crippen LogP contribution in [0.5, 0.6) is 0 Å². The van der Waals surface area contributed by atoms with Crippen LogP contribution in [0.3, 0.4) is 0 Å². The van der Waals surface area contributed by atoms with Crippen molar-refractivity contribution in [1.29, 1.82) is 0 Å². The van der Waals surface area contributed by atoms with Gasteiger partial charge in [0.25, 0.3) is 0 Å². The van der Waals surface area contributed by atoms with E-state index in [0.717, 1.165) is 53.2 Å². The second kappa shape index (κ2) is 5.38. The number of rotatable bonds is 2. The summed E-state index contributed by atoms with van der Waals surface area (Å²) in [5.41, 5.74) is 5.66. The molecule has 1 aliphatic carbocycles. The molecule has 28 heavy (non-hydrogen) atoms. The molecule has 5 heterocycles. The molecule has 0 spiro atoms. The number of aryl methyl sites for hydroxylation is 2. The summed E-state index contributed by atoms with van der Waals surface area (Å²) in [6.07, 6.45) is 9.22. The molecule has 0 unspecified atom stereocenters. The van der Waals surface area contributed by atoms with Crippen molar-refractivity contribution in [2.24, 2.45) is 0 Å². The zero-order chi connectivity index (χ0) is 19.0. The second-order valence-electron chi connectivity index (χ2n) is 8.40. The SMILES string of the molecule is Cc1cn2nc(-c3cc(F)c4nc([C@@]56CC[C@H](C5)NC6)cn4c3)cc(C)c2n1. The van der Waals surface area contributed by atoms with E-state index in [1.165, 1.54) is 12.5 Å². The van der Waals surface area contributed by atoms with Crippen molar-refractivity contribution in [3.05, 3.63) is 53.5 Å². The monoisotopic (exact) mass is 376 g/mol. The summed E-state index contributed by atoms with van der Waals surface area (Å²) in [7, 11) is 0. The van der Waals surface area contributed by atoms with Crippen molar-refractivity contribution in [3.8, 4) is 11.3 Å². The number of halogens is 1. The molecule has 1 aliphatic heterocycles. The Bertz CT molecular complexity index is 1240. The van der Waals surface area contributed by atoms with Crippen LogP contribution in [0.1, 0.15) is 36.2 Å². The van der Waals surface area contributed by atoms with Gasteiger partial charge in [-0.05, 0) is 50.8 Å². The maximum atomic E-state index is 14.9. The molecule has 0 amide bonds. The third kappa shape index (κ3) is 2.19. The fourth-order valence-electron chi connectivity index (χ4n) is 4.96. The van der Waals surface area contributed by atoms with Crippen molar-refractivity contribution < 1.29 is 4.39 Å². The molecule has 2 bridgehead atoms. The Labute approximate surface area is 161 Å². The highest BCUT2D eigenvalue weighted by Crippen LogP contribution is 2.44. The van der Waals surface area contributed by atoms with Crippen LogP contribution in [-0.2, 0) is 5.41 Å². The Kier molecular flexibility index (Phi) is 3.11. The Morgan fingerprint density at radius 3 is 2.79 bits per heavy atom. The van der Waals surface area contributed by atoms with Gasteiger partial charge < -0.3 is 9.72 Å². The topological polar surface area (TPSA) is 59.5 Å². The van der Waals surface area contributed by atoms with Gasteiger partial charge in [-0.3, -0.25) is 0 Å². The molecule has 0 radical (unpaired) electrons. The first kappa shape index (κ1) is 16.2. The predicted molar refractivity (Wildman–Crippen MR) is 104 cm³/mol. The van der Waals surface area contributed by atoms with Gasteiger partial charge in [0.05, 0.1) is 23.3 Å². The molecule has 1 saturated heterocycles. The number of aromatic nitrogens is 5. The van der Waals surface area contributed by atoms with Crippen LogP contribution < -0.4 is 5.32 Å². The number of nitrogens with one attached hydrogen (secondary N) is 1. The van der Waals surface area contributed by atoms with Gasteiger partial charge in [-0.15, -0.1) is 0 Å². The molecule has 0 aromatic carbocycles. The number of pyridine rings is 1. The van der Waals surface area contributed by atoms with Gasteiger partial charge in [0.1, 0.15) is 0 Å². The van der Waals surface area contributed by atoms with E-state index in [4.69, 9.17) is 0 Å². The fraction of sp³-hybridized carbons (Fsp3) is 0.381. The van der Waals surface area contributed by atoms with Gasteiger partial charge in [0, 0.05) is 36.0 Å². The van der Waals surface area contributed by atoms with Gasteiger partial charge >= 0.3 is 0 Å². The molecule has 2 fully saturated rings. The Balaban J connectivity index is 1.49. The first-order valence-corrected chi connectivity index (χ1v) is 9.77. The summed E-state index contributed by atoms with van der Waals surface area (Å²) in [6.45, 7) is 4.88. The van der Waals surface area contributed by atoms with Gasteiger partial charge in [0.15, 0.2) is 17.1 Å². The number of hydrogen-bond acceptors (Lipinski definition) is 4. The third-order valence-electron chi connectivity index (χ3n) is 6.41. The van der Waals surface area contributed by atoms with Crippen LogP contribution in [0.15, 0.2) is 30.7 Å². The molecule has 6 nitrogen and oxygen atoms in total. The summed E-state index contributed by atoms with van der Waals surface area (Å²) in [6, 6.07) is 4.08. The number of imidazole rings is 2. The zero-order valence-electron chi connectivity index (χ0n) is 15.9.